The summed E-state index contributed by atoms with van der Waals surface area (Å²) in [4.78, 5) is 5.11. The van der Waals surface area contributed by atoms with Crippen LogP contribution in [0.1, 0.15) is 19.3 Å². The molecule has 2 rings (SSSR count). The molecule has 2 saturated heterocycles. The van der Waals surface area contributed by atoms with Crippen LogP contribution in [0.15, 0.2) is 0 Å². The van der Waals surface area contributed by atoms with Gasteiger partial charge in [0.05, 0.1) is 26.4 Å². The Kier molecular flexibility index (Phi) is 11.9. The number of rotatable bonds is 12. The van der Waals surface area contributed by atoms with Gasteiger partial charge in [0.15, 0.2) is 0 Å². The first-order valence-corrected chi connectivity index (χ1v) is 11.5. The van der Waals surface area contributed by atoms with E-state index in [1.807, 2.05) is 23.5 Å². The largest absolute Gasteiger partial charge is 0.380 e. The molecule has 23 heavy (non-hydrogen) atoms. The van der Waals surface area contributed by atoms with Crippen LogP contribution in [0, 0.1) is 0 Å². The molecule has 2 aliphatic rings. The fourth-order valence-electron chi connectivity index (χ4n) is 2.94. The Hall–Kier alpha value is 0.540. The zero-order valence-electron chi connectivity index (χ0n) is 14.5. The van der Waals surface area contributed by atoms with Gasteiger partial charge in [-0.25, -0.2) is 0 Å². The second kappa shape index (κ2) is 13.8. The van der Waals surface area contributed by atoms with Gasteiger partial charge in [-0.1, -0.05) is 6.42 Å². The summed E-state index contributed by atoms with van der Waals surface area (Å²) in [6.45, 7) is 10.9. The van der Waals surface area contributed by atoms with Crippen molar-refractivity contribution in [3.05, 3.63) is 0 Å². The highest BCUT2D eigenvalue weighted by Crippen LogP contribution is 2.10. The van der Waals surface area contributed by atoms with Crippen LogP contribution in [0.4, 0.5) is 0 Å². The first kappa shape index (κ1) is 19.9. The normalized spacial score (nSPS) is 20.9. The third kappa shape index (κ3) is 10.2. The fraction of sp³-hybridized carbons (Fsp3) is 1.00. The first-order chi connectivity index (χ1) is 11.4. The van der Waals surface area contributed by atoms with Gasteiger partial charge >= 0.3 is 0 Å². The number of hydrogen-bond acceptors (Lipinski definition) is 6. The van der Waals surface area contributed by atoms with E-state index in [1.54, 1.807) is 0 Å². The molecule has 2 aliphatic heterocycles. The molecule has 0 radical (unpaired) electrons. The molecule has 0 atom stereocenters. The SMILES string of the molecule is C1CCN(CCSCCOCCSCCN2CCOCC2)CC1. The molecule has 0 saturated carbocycles. The van der Waals surface area contributed by atoms with E-state index >= 15 is 0 Å². The molecule has 0 N–H and O–H groups in total. The molecule has 4 nitrogen and oxygen atoms in total. The van der Waals surface area contributed by atoms with Gasteiger partial charge in [-0.3, -0.25) is 4.90 Å². The Labute approximate surface area is 151 Å². The molecule has 0 unspecified atom stereocenters. The molecule has 6 heteroatoms. The van der Waals surface area contributed by atoms with Crippen molar-refractivity contribution in [2.75, 3.05) is 88.7 Å². The van der Waals surface area contributed by atoms with Gasteiger partial charge in [0.25, 0.3) is 0 Å². The lowest BCUT2D eigenvalue weighted by Crippen LogP contribution is -2.37. The van der Waals surface area contributed by atoms with Crippen molar-refractivity contribution in [2.24, 2.45) is 0 Å². The van der Waals surface area contributed by atoms with E-state index in [9.17, 15) is 0 Å². The number of ether oxygens (including phenoxy) is 2. The molecule has 0 bridgehead atoms. The van der Waals surface area contributed by atoms with E-state index in [-0.39, 0.29) is 0 Å². The molecular formula is C17H34N2O2S2. The molecule has 2 heterocycles. The monoisotopic (exact) mass is 362 g/mol. The molecule has 0 aromatic carbocycles. The van der Waals surface area contributed by atoms with Crippen molar-refractivity contribution in [3.63, 3.8) is 0 Å². The summed E-state index contributed by atoms with van der Waals surface area (Å²) in [5.74, 6) is 4.75. The Balaban J connectivity index is 1.26. The maximum absolute atomic E-state index is 5.73. The fourth-order valence-corrected chi connectivity index (χ4v) is 4.59. The van der Waals surface area contributed by atoms with Crippen molar-refractivity contribution >= 4 is 23.5 Å². The van der Waals surface area contributed by atoms with Crippen LogP contribution in [0.2, 0.25) is 0 Å². The van der Waals surface area contributed by atoms with Crippen molar-refractivity contribution < 1.29 is 9.47 Å². The van der Waals surface area contributed by atoms with Crippen molar-refractivity contribution in [3.8, 4) is 0 Å². The molecule has 0 spiro atoms. The highest BCUT2D eigenvalue weighted by Gasteiger charge is 2.09. The lowest BCUT2D eigenvalue weighted by Gasteiger charge is -2.26. The predicted octanol–water partition coefficient (Wildman–Crippen LogP) is 2.29. The highest BCUT2D eigenvalue weighted by atomic mass is 32.2. The molecule has 136 valence electrons. The summed E-state index contributed by atoms with van der Waals surface area (Å²) >= 11 is 4.06. The van der Waals surface area contributed by atoms with E-state index in [0.29, 0.717) is 0 Å². The van der Waals surface area contributed by atoms with Gasteiger partial charge in [0, 0.05) is 49.2 Å². The highest BCUT2D eigenvalue weighted by molar-refractivity contribution is 7.99. The molecule has 0 aromatic heterocycles. The average molecular weight is 363 g/mol. The zero-order chi connectivity index (χ0) is 16.0. The van der Waals surface area contributed by atoms with Crippen LogP contribution >= 0.6 is 23.5 Å². The van der Waals surface area contributed by atoms with Crippen LogP contribution in [0.3, 0.4) is 0 Å². The summed E-state index contributed by atoms with van der Waals surface area (Å²) in [5.41, 5.74) is 0. The minimum Gasteiger partial charge on any atom is -0.380 e. The minimum atomic E-state index is 0.903. The third-order valence-electron chi connectivity index (χ3n) is 4.40. The topological polar surface area (TPSA) is 24.9 Å². The minimum absolute atomic E-state index is 0.903. The van der Waals surface area contributed by atoms with Crippen LogP contribution in [-0.4, -0.2) is 98.5 Å². The Morgan fingerprint density at radius 1 is 0.696 bits per heavy atom. The van der Waals surface area contributed by atoms with Gasteiger partial charge in [0.1, 0.15) is 0 Å². The Morgan fingerprint density at radius 2 is 1.26 bits per heavy atom. The molecule has 0 aliphatic carbocycles. The van der Waals surface area contributed by atoms with Gasteiger partial charge in [-0.2, -0.15) is 23.5 Å². The molecule has 0 aromatic rings. The van der Waals surface area contributed by atoms with Crippen molar-refractivity contribution in [1.29, 1.82) is 0 Å². The standard InChI is InChI=1S/C17H34N2O2S2/c1-2-4-18(5-3-1)8-14-22-16-12-21-13-17-23-15-9-19-6-10-20-11-7-19/h1-17H2. The van der Waals surface area contributed by atoms with Gasteiger partial charge in [-0.15, -0.1) is 0 Å². The summed E-state index contributed by atoms with van der Waals surface area (Å²) in [6, 6.07) is 0. The predicted molar refractivity (Wildman–Crippen MR) is 103 cm³/mol. The summed E-state index contributed by atoms with van der Waals surface area (Å²) in [7, 11) is 0. The van der Waals surface area contributed by atoms with Crippen LogP contribution < -0.4 is 0 Å². The van der Waals surface area contributed by atoms with Crippen molar-refractivity contribution in [2.45, 2.75) is 19.3 Å². The summed E-state index contributed by atoms with van der Waals surface area (Å²) in [6.07, 6.45) is 4.23. The van der Waals surface area contributed by atoms with E-state index in [4.69, 9.17) is 9.47 Å². The quantitative estimate of drug-likeness (QED) is 0.494. The summed E-state index contributed by atoms with van der Waals surface area (Å²) < 4.78 is 11.1. The molecular weight excluding hydrogens is 328 g/mol. The number of thioether (sulfide) groups is 2. The number of likely N-dealkylation sites (tertiary alicyclic amines) is 1. The number of morpholine rings is 1. The van der Waals surface area contributed by atoms with Crippen LogP contribution in [0.5, 0.6) is 0 Å². The van der Waals surface area contributed by atoms with Crippen LogP contribution in [0.25, 0.3) is 0 Å². The second-order valence-corrected chi connectivity index (χ2v) is 8.64. The maximum atomic E-state index is 5.73. The lowest BCUT2D eigenvalue weighted by molar-refractivity contribution is 0.0410. The smallest absolute Gasteiger partial charge is 0.0594 e. The molecule has 2 fully saturated rings. The number of piperidine rings is 1. The van der Waals surface area contributed by atoms with Gasteiger partial charge in [0.2, 0.25) is 0 Å². The Bertz CT molecular complexity index is 247. The van der Waals surface area contributed by atoms with Gasteiger partial charge < -0.3 is 14.4 Å². The van der Waals surface area contributed by atoms with Gasteiger partial charge in [-0.05, 0) is 25.9 Å². The Morgan fingerprint density at radius 3 is 1.87 bits per heavy atom. The third-order valence-corrected chi connectivity index (χ3v) is 6.25. The number of hydrogen-bond donors (Lipinski definition) is 0. The second-order valence-electron chi connectivity index (χ2n) is 6.19. The zero-order valence-corrected chi connectivity index (χ0v) is 16.2. The van der Waals surface area contributed by atoms with E-state index in [0.717, 1.165) is 51.0 Å². The van der Waals surface area contributed by atoms with Crippen LogP contribution in [-0.2, 0) is 9.47 Å². The molecule has 0 amide bonds. The number of nitrogens with zero attached hydrogens (tertiary/aromatic N) is 2. The van der Waals surface area contributed by atoms with E-state index < -0.39 is 0 Å². The van der Waals surface area contributed by atoms with E-state index in [2.05, 4.69) is 9.80 Å². The van der Waals surface area contributed by atoms with Crippen molar-refractivity contribution in [1.82, 2.24) is 9.80 Å². The maximum Gasteiger partial charge on any atom is 0.0594 e. The first-order valence-electron chi connectivity index (χ1n) is 9.21. The van der Waals surface area contributed by atoms with E-state index in [1.165, 1.54) is 56.9 Å². The lowest BCUT2D eigenvalue weighted by atomic mass is 10.1. The average Bonchev–Trinajstić information content (AvgIpc) is 2.61. The summed E-state index contributed by atoms with van der Waals surface area (Å²) in [5, 5.41) is 0.